The van der Waals surface area contributed by atoms with Crippen LogP contribution in [0.1, 0.15) is 25.7 Å². The van der Waals surface area contributed by atoms with E-state index < -0.39 is 9.84 Å². The zero-order chi connectivity index (χ0) is 11.3. The van der Waals surface area contributed by atoms with Crippen LogP contribution in [-0.2, 0) is 9.84 Å². The quantitative estimate of drug-likeness (QED) is 0.799. The second-order valence-corrected chi connectivity index (χ2v) is 7.93. The molecule has 0 aromatic rings. The molecule has 0 amide bonds. The first kappa shape index (κ1) is 13.3. The standard InChI is InChI=1S/C10H21NO2S2/c1-15(12,13)7-6-14-10-5-3-2-4-9(10)8-11/h9-10H,2-8,11H2,1H3. The maximum absolute atomic E-state index is 11.0. The van der Waals surface area contributed by atoms with Gasteiger partial charge in [-0.3, -0.25) is 0 Å². The molecule has 3 nitrogen and oxygen atoms in total. The van der Waals surface area contributed by atoms with Crippen LogP contribution in [0.3, 0.4) is 0 Å². The predicted octanol–water partition coefficient (Wildman–Crippen LogP) is 1.28. The van der Waals surface area contributed by atoms with Crippen molar-refractivity contribution in [3.63, 3.8) is 0 Å². The topological polar surface area (TPSA) is 60.2 Å². The fourth-order valence-corrected chi connectivity index (χ4v) is 4.76. The monoisotopic (exact) mass is 251 g/mol. The summed E-state index contributed by atoms with van der Waals surface area (Å²) in [6.07, 6.45) is 6.27. The number of sulfone groups is 1. The maximum atomic E-state index is 11.0. The van der Waals surface area contributed by atoms with Gasteiger partial charge in [0.2, 0.25) is 0 Å². The fraction of sp³-hybridized carbons (Fsp3) is 1.00. The van der Waals surface area contributed by atoms with Crippen LogP contribution in [0, 0.1) is 5.92 Å². The summed E-state index contributed by atoms with van der Waals surface area (Å²) in [7, 11) is -2.80. The van der Waals surface area contributed by atoms with Gasteiger partial charge in [0.15, 0.2) is 0 Å². The Hall–Kier alpha value is 0.260. The number of rotatable bonds is 5. The van der Waals surface area contributed by atoms with Crippen molar-refractivity contribution in [2.45, 2.75) is 30.9 Å². The largest absolute Gasteiger partial charge is 0.330 e. The fourth-order valence-electron chi connectivity index (χ4n) is 2.01. The summed E-state index contributed by atoms with van der Waals surface area (Å²) in [6, 6.07) is 0. The highest BCUT2D eigenvalue weighted by atomic mass is 32.2. The van der Waals surface area contributed by atoms with E-state index in [1.165, 1.54) is 31.9 Å². The van der Waals surface area contributed by atoms with Gasteiger partial charge in [0.05, 0.1) is 5.75 Å². The van der Waals surface area contributed by atoms with Gasteiger partial charge in [-0.25, -0.2) is 8.42 Å². The van der Waals surface area contributed by atoms with E-state index in [1.54, 1.807) is 11.8 Å². The van der Waals surface area contributed by atoms with Crippen molar-refractivity contribution in [1.82, 2.24) is 0 Å². The average molecular weight is 251 g/mol. The Labute approximate surface area is 97.1 Å². The van der Waals surface area contributed by atoms with Gasteiger partial charge in [0, 0.05) is 17.3 Å². The van der Waals surface area contributed by atoms with Gasteiger partial charge in [-0.1, -0.05) is 12.8 Å². The van der Waals surface area contributed by atoms with Crippen LogP contribution in [0.4, 0.5) is 0 Å². The van der Waals surface area contributed by atoms with Crippen molar-refractivity contribution in [3.8, 4) is 0 Å². The van der Waals surface area contributed by atoms with Gasteiger partial charge < -0.3 is 5.73 Å². The normalized spacial score (nSPS) is 27.9. The third-order valence-electron chi connectivity index (χ3n) is 2.93. The average Bonchev–Trinajstić information content (AvgIpc) is 2.16. The first-order chi connectivity index (χ1) is 7.03. The number of nitrogens with two attached hydrogens (primary N) is 1. The van der Waals surface area contributed by atoms with E-state index in [1.807, 2.05) is 0 Å². The van der Waals surface area contributed by atoms with Gasteiger partial charge in [-0.05, 0) is 25.3 Å². The molecule has 2 unspecified atom stereocenters. The summed E-state index contributed by atoms with van der Waals surface area (Å²) in [5, 5.41) is 0.588. The second-order valence-electron chi connectivity index (χ2n) is 4.32. The van der Waals surface area contributed by atoms with E-state index in [4.69, 9.17) is 5.73 Å². The molecule has 1 aliphatic rings. The SMILES string of the molecule is CS(=O)(=O)CCSC1CCCCC1CN. The number of hydrogen-bond acceptors (Lipinski definition) is 4. The smallest absolute Gasteiger partial charge is 0.148 e. The molecule has 0 aliphatic heterocycles. The molecule has 5 heteroatoms. The van der Waals surface area contributed by atoms with Crippen LogP contribution in [0.25, 0.3) is 0 Å². The molecule has 15 heavy (non-hydrogen) atoms. The molecule has 0 bridgehead atoms. The molecule has 2 N–H and O–H groups in total. The van der Waals surface area contributed by atoms with Crippen molar-refractivity contribution in [2.75, 3.05) is 24.3 Å². The van der Waals surface area contributed by atoms with Crippen LogP contribution in [0.2, 0.25) is 0 Å². The first-order valence-corrected chi connectivity index (χ1v) is 8.63. The van der Waals surface area contributed by atoms with Crippen LogP contribution in [-0.4, -0.2) is 38.0 Å². The first-order valence-electron chi connectivity index (χ1n) is 5.52. The van der Waals surface area contributed by atoms with E-state index in [0.29, 0.717) is 16.9 Å². The third kappa shape index (κ3) is 5.22. The highest BCUT2D eigenvalue weighted by molar-refractivity contribution is 8.01. The van der Waals surface area contributed by atoms with Crippen LogP contribution in [0.15, 0.2) is 0 Å². The summed E-state index contributed by atoms with van der Waals surface area (Å²) in [4.78, 5) is 0. The van der Waals surface area contributed by atoms with Crippen molar-refractivity contribution in [2.24, 2.45) is 11.7 Å². The molecule has 0 saturated heterocycles. The third-order valence-corrected chi connectivity index (χ3v) is 5.62. The Kier molecular flexibility index (Phi) is 5.43. The molecular weight excluding hydrogens is 230 g/mol. The molecule has 1 aliphatic carbocycles. The Morgan fingerprint density at radius 1 is 1.33 bits per heavy atom. The van der Waals surface area contributed by atoms with Crippen molar-refractivity contribution < 1.29 is 8.42 Å². The lowest BCUT2D eigenvalue weighted by molar-refractivity contribution is 0.378. The lowest BCUT2D eigenvalue weighted by Crippen LogP contribution is -2.29. The molecule has 1 saturated carbocycles. The summed E-state index contributed by atoms with van der Waals surface area (Å²) in [6.45, 7) is 0.747. The second kappa shape index (κ2) is 6.11. The highest BCUT2D eigenvalue weighted by Gasteiger charge is 2.24. The molecule has 2 atom stereocenters. The predicted molar refractivity (Wildman–Crippen MR) is 67.0 cm³/mol. The molecule has 0 spiro atoms. The lowest BCUT2D eigenvalue weighted by Gasteiger charge is -2.30. The Bertz CT molecular complexity index is 277. The number of thioether (sulfide) groups is 1. The minimum atomic E-state index is -2.80. The Morgan fingerprint density at radius 2 is 2.00 bits per heavy atom. The van der Waals surface area contributed by atoms with Crippen LogP contribution < -0.4 is 5.73 Å². The minimum Gasteiger partial charge on any atom is -0.330 e. The van der Waals surface area contributed by atoms with E-state index in [-0.39, 0.29) is 0 Å². The zero-order valence-electron chi connectivity index (χ0n) is 9.31. The summed E-state index contributed by atoms with van der Waals surface area (Å²) in [5.41, 5.74) is 5.72. The van der Waals surface area contributed by atoms with Gasteiger partial charge >= 0.3 is 0 Å². The summed E-state index contributed by atoms with van der Waals surface area (Å²) < 4.78 is 22.0. The lowest BCUT2D eigenvalue weighted by atomic mass is 9.89. The zero-order valence-corrected chi connectivity index (χ0v) is 10.9. The van der Waals surface area contributed by atoms with Crippen LogP contribution >= 0.6 is 11.8 Å². The van der Waals surface area contributed by atoms with E-state index >= 15 is 0 Å². The van der Waals surface area contributed by atoms with E-state index in [0.717, 1.165) is 12.3 Å². The van der Waals surface area contributed by atoms with Crippen molar-refractivity contribution in [1.29, 1.82) is 0 Å². The minimum absolute atomic E-state index is 0.297. The molecule has 1 rings (SSSR count). The van der Waals surface area contributed by atoms with Gasteiger partial charge in [0.1, 0.15) is 9.84 Å². The van der Waals surface area contributed by atoms with E-state index in [9.17, 15) is 8.42 Å². The Morgan fingerprint density at radius 3 is 2.60 bits per heavy atom. The van der Waals surface area contributed by atoms with Gasteiger partial charge in [-0.15, -0.1) is 0 Å². The molecular formula is C10H21NO2S2. The van der Waals surface area contributed by atoms with Crippen LogP contribution in [0.5, 0.6) is 0 Å². The summed E-state index contributed by atoms with van der Waals surface area (Å²) >= 11 is 1.80. The maximum Gasteiger partial charge on any atom is 0.148 e. The molecule has 1 fully saturated rings. The Balaban J connectivity index is 2.29. The molecule has 0 heterocycles. The van der Waals surface area contributed by atoms with E-state index in [2.05, 4.69) is 0 Å². The van der Waals surface area contributed by atoms with Crippen molar-refractivity contribution >= 4 is 21.6 Å². The highest BCUT2D eigenvalue weighted by Crippen LogP contribution is 2.32. The van der Waals surface area contributed by atoms with Gasteiger partial charge in [0.25, 0.3) is 0 Å². The molecule has 0 aromatic carbocycles. The molecule has 0 aromatic heterocycles. The molecule has 0 radical (unpaired) electrons. The molecule has 90 valence electrons. The van der Waals surface area contributed by atoms with Crippen molar-refractivity contribution in [3.05, 3.63) is 0 Å². The summed E-state index contributed by atoms with van der Waals surface area (Å²) in [5.74, 6) is 1.62. The van der Waals surface area contributed by atoms with Gasteiger partial charge in [-0.2, -0.15) is 11.8 Å². The number of hydrogen-bond donors (Lipinski definition) is 1.